The third-order valence-corrected chi connectivity index (χ3v) is 4.00. The highest BCUT2D eigenvalue weighted by Crippen LogP contribution is 2.18. The molecule has 128 valence electrons. The van der Waals surface area contributed by atoms with E-state index in [9.17, 15) is 4.79 Å². The Morgan fingerprint density at radius 3 is 2.80 bits per heavy atom. The number of carbonyl (C=O) groups is 1. The van der Waals surface area contributed by atoms with Crippen LogP contribution in [0.15, 0.2) is 53.0 Å². The normalized spacial score (nSPS) is 10.5. The third-order valence-electron chi connectivity index (χ3n) is 3.47. The molecule has 8 heteroatoms. The van der Waals surface area contributed by atoms with Crippen molar-refractivity contribution in [1.82, 2.24) is 20.2 Å². The molecule has 1 amide bonds. The van der Waals surface area contributed by atoms with Gasteiger partial charge in [0.25, 0.3) is 5.91 Å². The first-order valence-electron chi connectivity index (χ1n) is 7.70. The molecule has 0 bridgehead atoms. The zero-order valence-electron chi connectivity index (χ0n) is 13.5. The fourth-order valence-corrected chi connectivity index (χ4v) is 2.45. The molecule has 0 aliphatic carbocycles. The molecular weight excluding hydrogens is 386 g/mol. The lowest BCUT2D eigenvalue weighted by Crippen LogP contribution is -2.12. The lowest BCUT2D eigenvalue weighted by Gasteiger charge is -2.09. The molecule has 1 heterocycles. The van der Waals surface area contributed by atoms with Crippen molar-refractivity contribution >= 4 is 27.5 Å². The number of nitrogens with zero attached hydrogens (tertiary/aromatic N) is 4. The van der Waals surface area contributed by atoms with Crippen LogP contribution in [0.4, 0.5) is 5.69 Å². The number of carbonyl (C=O) groups excluding carboxylic acids is 1. The van der Waals surface area contributed by atoms with Crippen LogP contribution in [0.2, 0.25) is 0 Å². The van der Waals surface area contributed by atoms with Crippen molar-refractivity contribution in [2.75, 3.05) is 5.32 Å². The molecule has 0 radical (unpaired) electrons. The summed E-state index contributed by atoms with van der Waals surface area (Å²) in [4.78, 5) is 12.4. The number of aromatic nitrogens is 4. The molecule has 0 unspecified atom stereocenters. The van der Waals surface area contributed by atoms with Crippen molar-refractivity contribution in [3.63, 3.8) is 0 Å². The average Bonchev–Trinajstić information content (AvgIpc) is 3.10. The minimum Gasteiger partial charge on any atom is -0.486 e. The molecule has 0 aliphatic rings. The van der Waals surface area contributed by atoms with E-state index in [1.165, 1.54) is 0 Å². The van der Waals surface area contributed by atoms with Crippen LogP contribution in [0.3, 0.4) is 0 Å². The minimum absolute atomic E-state index is 0.203. The molecular formula is C17H16BrN5O2. The van der Waals surface area contributed by atoms with Crippen molar-refractivity contribution in [2.45, 2.75) is 20.1 Å². The molecule has 3 rings (SSSR count). The maximum atomic E-state index is 12.4. The second-order valence-corrected chi connectivity index (χ2v) is 6.10. The lowest BCUT2D eigenvalue weighted by atomic mass is 10.2. The summed E-state index contributed by atoms with van der Waals surface area (Å²) in [5, 5.41) is 14.2. The molecule has 0 saturated heterocycles. The number of hydrogen-bond donors (Lipinski definition) is 1. The van der Waals surface area contributed by atoms with Crippen LogP contribution in [0.25, 0.3) is 0 Å². The SMILES string of the molecule is CCn1nnnc1COc1cccc(C(=O)Nc2ccc(Br)cc2)c1. The summed E-state index contributed by atoms with van der Waals surface area (Å²) in [6, 6.07) is 14.4. The molecule has 0 spiro atoms. The topological polar surface area (TPSA) is 81.9 Å². The summed E-state index contributed by atoms with van der Waals surface area (Å²) in [5.41, 5.74) is 1.23. The van der Waals surface area contributed by atoms with Gasteiger partial charge in [-0.1, -0.05) is 22.0 Å². The van der Waals surface area contributed by atoms with Crippen LogP contribution in [-0.4, -0.2) is 26.1 Å². The molecule has 2 aromatic carbocycles. The number of rotatable bonds is 6. The summed E-state index contributed by atoms with van der Waals surface area (Å²) in [7, 11) is 0. The monoisotopic (exact) mass is 401 g/mol. The average molecular weight is 402 g/mol. The molecule has 0 aliphatic heterocycles. The van der Waals surface area contributed by atoms with Gasteiger partial charge in [0.05, 0.1) is 0 Å². The highest BCUT2D eigenvalue weighted by atomic mass is 79.9. The van der Waals surface area contributed by atoms with Crippen molar-refractivity contribution in [3.05, 3.63) is 64.4 Å². The van der Waals surface area contributed by atoms with Crippen LogP contribution in [0, 0.1) is 0 Å². The summed E-state index contributed by atoms with van der Waals surface area (Å²) in [5.74, 6) is 1.01. The number of benzene rings is 2. The Bertz CT molecular complexity index is 863. The maximum Gasteiger partial charge on any atom is 0.255 e. The standard InChI is InChI=1S/C17H16BrN5O2/c1-2-23-16(20-21-22-23)11-25-15-5-3-4-12(10-15)17(24)19-14-8-6-13(18)7-9-14/h3-10H,2,11H2,1H3,(H,19,24). The molecule has 1 N–H and O–H groups in total. The van der Waals surface area contributed by atoms with E-state index in [2.05, 4.69) is 36.8 Å². The number of amides is 1. The van der Waals surface area contributed by atoms with Gasteiger partial charge in [-0.15, -0.1) is 5.10 Å². The predicted molar refractivity (Wildman–Crippen MR) is 96.4 cm³/mol. The number of aryl methyl sites for hydroxylation is 1. The Balaban J connectivity index is 1.66. The van der Waals surface area contributed by atoms with Crippen LogP contribution in [-0.2, 0) is 13.2 Å². The first kappa shape index (κ1) is 17.1. The zero-order chi connectivity index (χ0) is 17.6. The van der Waals surface area contributed by atoms with Gasteiger partial charge in [-0.2, -0.15) is 0 Å². The van der Waals surface area contributed by atoms with E-state index < -0.39 is 0 Å². The summed E-state index contributed by atoms with van der Waals surface area (Å²) in [6.07, 6.45) is 0. The van der Waals surface area contributed by atoms with Crippen molar-refractivity contribution in [2.24, 2.45) is 0 Å². The van der Waals surface area contributed by atoms with Crippen LogP contribution >= 0.6 is 15.9 Å². The minimum atomic E-state index is -0.203. The molecule has 1 aromatic heterocycles. The Morgan fingerprint density at radius 1 is 1.24 bits per heavy atom. The third kappa shape index (κ3) is 4.42. The van der Waals surface area contributed by atoms with E-state index >= 15 is 0 Å². The van der Waals surface area contributed by atoms with Crippen LogP contribution < -0.4 is 10.1 Å². The summed E-state index contributed by atoms with van der Waals surface area (Å²) >= 11 is 3.36. The fraction of sp³-hybridized carbons (Fsp3) is 0.176. The number of halogens is 1. The zero-order valence-corrected chi connectivity index (χ0v) is 15.1. The number of hydrogen-bond acceptors (Lipinski definition) is 5. The van der Waals surface area contributed by atoms with E-state index in [1.807, 2.05) is 31.2 Å². The Hall–Kier alpha value is -2.74. The van der Waals surface area contributed by atoms with Gasteiger partial charge in [0, 0.05) is 22.3 Å². The Morgan fingerprint density at radius 2 is 2.04 bits per heavy atom. The van der Waals surface area contributed by atoms with E-state index in [-0.39, 0.29) is 12.5 Å². The Labute approximate surface area is 153 Å². The molecule has 0 atom stereocenters. The smallest absolute Gasteiger partial charge is 0.255 e. The quantitative estimate of drug-likeness (QED) is 0.684. The van der Waals surface area contributed by atoms with Gasteiger partial charge < -0.3 is 10.1 Å². The van der Waals surface area contributed by atoms with Gasteiger partial charge in [-0.3, -0.25) is 4.79 Å². The number of nitrogens with one attached hydrogen (secondary N) is 1. The highest BCUT2D eigenvalue weighted by Gasteiger charge is 2.09. The molecule has 0 saturated carbocycles. The molecule has 3 aromatic rings. The van der Waals surface area contributed by atoms with E-state index in [4.69, 9.17) is 4.74 Å². The van der Waals surface area contributed by atoms with Gasteiger partial charge in [0.15, 0.2) is 5.82 Å². The first-order valence-corrected chi connectivity index (χ1v) is 8.50. The van der Waals surface area contributed by atoms with Gasteiger partial charge in [-0.25, -0.2) is 4.68 Å². The van der Waals surface area contributed by atoms with Crippen LogP contribution in [0.1, 0.15) is 23.1 Å². The Kier molecular flexibility index (Phi) is 5.39. The van der Waals surface area contributed by atoms with E-state index in [0.29, 0.717) is 23.7 Å². The molecule has 25 heavy (non-hydrogen) atoms. The molecule has 7 nitrogen and oxygen atoms in total. The van der Waals surface area contributed by atoms with Crippen molar-refractivity contribution in [3.8, 4) is 5.75 Å². The number of anilines is 1. The molecule has 0 fully saturated rings. The summed E-state index contributed by atoms with van der Waals surface area (Å²) in [6.45, 7) is 2.85. The predicted octanol–water partition coefficient (Wildman–Crippen LogP) is 3.29. The van der Waals surface area contributed by atoms with Gasteiger partial charge in [0.1, 0.15) is 12.4 Å². The highest BCUT2D eigenvalue weighted by molar-refractivity contribution is 9.10. The van der Waals surface area contributed by atoms with Crippen molar-refractivity contribution in [1.29, 1.82) is 0 Å². The number of tetrazole rings is 1. The van der Waals surface area contributed by atoms with E-state index in [1.54, 1.807) is 28.9 Å². The maximum absolute atomic E-state index is 12.4. The second-order valence-electron chi connectivity index (χ2n) is 5.19. The van der Waals surface area contributed by atoms with Crippen molar-refractivity contribution < 1.29 is 9.53 Å². The first-order chi connectivity index (χ1) is 12.2. The largest absolute Gasteiger partial charge is 0.486 e. The van der Waals surface area contributed by atoms with Gasteiger partial charge >= 0.3 is 0 Å². The van der Waals surface area contributed by atoms with E-state index in [0.717, 1.165) is 10.2 Å². The van der Waals surface area contributed by atoms with Gasteiger partial charge in [0.2, 0.25) is 0 Å². The summed E-state index contributed by atoms with van der Waals surface area (Å²) < 4.78 is 8.31. The second kappa shape index (κ2) is 7.89. The lowest BCUT2D eigenvalue weighted by molar-refractivity contribution is 0.102. The van der Waals surface area contributed by atoms with Crippen LogP contribution in [0.5, 0.6) is 5.75 Å². The fourth-order valence-electron chi connectivity index (χ4n) is 2.18. The number of ether oxygens (including phenoxy) is 1. The van der Waals surface area contributed by atoms with Gasteiger partial charge in [-0.05, 0) is 59.8 Å².